The highest BCUT2D eigenvalue weighted by molar-refractivity contribution is 9.11. The minimum Gasteiger partial charge on any atom is -0.368 e. The van der Waals surface area contributed by atoms with E-state index in [2.05, 4.69) is 43.9 Å². The molecular formula is C16H15BrN4O2S. The van der Waals surface area contributed by atoms with Crippen molar-refractivity contribution in [3.05, 3.63) is 54.7 Å². The summed E-state index contributed by atoms with van der Waals surface area (Å²) in [5.74, 6) is 0. The van der Waals surface area contributed by atoms with Crippen molar-refractivity contribution >= 4 is 38.6 Å². The van der Waals surface area contributed by atoms with E-state index < -0.39 is 4.92 Å². The van der Waals surface area contributed by atoms with E-state index in [1.807, 2.05) is 0 Å². The first-order valence-electron chi connectivity index (χ1n) is 7.47. The maximum absolute atomic E-state index is 10.8. The molecule has 6 nitrogen and oxygen atoms in total. The van der Waals surface area contributed by atoms with Gasteiger partial charge >= 0.3 is 0 Å². The molecule has 2 heterocycles. The summed E-state index contributed by atoms with van der Waals surface area (Å²) in [5, 5.41) is 20.1. The van der Waals surface area contributed by atoms with Crippen LogP contribution in [0.2, 0.25) is 0 Å². The fraction of sp³-hybridized carbons (Fsp3) is 0.312. The van der Waals surface area contributed by atoms with Crippen LogP contribution < -0.4 is 4.90 Å². The van der Waals surface area contributed by atoms with Gasteiger partial charge in [0.15, 0.2) is 0 Å². The van der Waals surface area contributed by atoms with E-state index in [0.717, 1.165) is 42.2 Å². The van der Waals surface area contributed by atoms with Crippen LogP contribution in [0.4, 0.5) is 11.4 Å². The average Bonchev–Trinajstić information content (AvgIpc) is 3.00. The molecule has 1 saturated heterocycles. The van der Waals surface area contributed by atoms with Gasteiger partial charge in [-0.2, -0.15) is 5.26 Å². The fourth-order valence-electron chi connectivity index (χ4n) is 2.81. The van der Waals surface area contributed by atoms with Gasteiger partial charge in [-0.15, -0.1) is 11.3 Å². The van der Waals surface area contributed by atoms with Gasteiger partial charge in [-0.1, -0.05) is 0 Å². The van der Waals surface area contributed by atoms with E-state index in [0.29, 0.717) is 5.56 Å². The number of benzene rings is 1. The first kappa shape index (κ1) is 16.9. The van der Waals surface area contributed by atoms with Crippen LogP contribution >= 0.6 is 27.3 Å². The molecule has 0 atom stereocenters. The number of anilines is 1. The Labute approximate surface area is 152 Å². The number of nitro groups is 1. The lowest BCUT2D eigenvalue weighted by molar-refractivity contribution is -0.384. The van der Waals surface area contributed by atoms with Gasteiger partial charge in [0.2, 0.25) is 0 Å². The van der Waals surface area contributed by atoms with Gasteiger partial charge < -0.3 is 4.90 Å². The predicted molar refractivity (Wildman–Crippen MR) is 97.3 cm³/mol. The van der Waals surface area contributed by atoms with E-state index in [-0.39, 0.29) is 5.69 Å². The second kappa shape index (κ2) is 7.30. The van der Waals surface area contributed by atoms with Crippen molar-refractivity contribution in [2.75, 3.05) is 31.1 Å². The quantitative estimate of drug-likeness (QED) is 0.572. The summed E-state index contributed by atoms with van der Waals surface area (Å²) in [6.45, 7) is 4.34. The van der Waals surface area contributed by atoms with Gasteiger partial charge in [-0.3, -0.25) is 15.0 Å². The summed E-state index contributed by atoms with van der Waals surface area (Å²) < 4.78 is 1.14. The lowest BCUT2D eigenvalue weighted by Gasteiger charge is -2.36. The topological polar surface area (TPSA) is 73.4 Å². The number of hydrogen-bond donors (Lipinski definition) is 0. The number of non-ortho nitro benzene ring substituents is 1. The SMILES string of the molecule is N#Cc1cc([N+](=O)[O-])ccc1N1CCN(Cc2ccc(Br)s2)CC1. The molecule has 0 radical (unpaired) electrons. The van der Waals surface area contributed by atoms with Crippen molar-refractivity contribution in [3.8, 4) is 6.07 Å². The molecule has 24 heavy (non-hydrogen) atoms. The van der Waals surface area contributed by atoms with Crippen LogP contribution in [0, 0.1) is 21.4 Å². The molecule has 0 saturated carbocycles. The van der Waals surface area contributed by atoms with Crippen molar-refractivity contribution in [3.63, 3.8) is 0 Å². The lowest BCUT2D eigenvalue weighted by atomic mass is 10.1. The zero-order valence-corrected chi connectivity index (χ0v) is 15.2. The second-order valence-corrected chi connectivity index (χ2v) is 8.09. The van der Waals surface area contributed by atoms with Gasteiger partial charge in [-0.05, 0) is 34.1 Å². The average molecular weight is 407 g/mol. The van der Waals surface area contributed by atoms with Crippen LogP contribution in [-0.2, 0) is 6.54 Å². The maximum Gasteiger partial charge on any atom is 0.270 e. The first-order chi connectivity index (χ1) is 11.6. The van der Waals surface area contributed by atoms with E-state index >= 15 is 0 Å². The zero-order chi connectivity index (χ0) is 17.1. The summed E-state index contributed by atoms with van der Waals surface area (Å²) in [7, 11) is 0. The molecule has 0 N–H and O–H groups in total. The number of piperazine rings is 1. The number of nitro benzene ring substituents is 1. The van der Waals surface area contributed by atoms with Crippen LogP contribution in [-0.4, -0.2) is 36.0 Å². The Morgan fingerprint density at radius 3 is 2.58 bits per heavy atom. The van der Waals surface area contributed by atoms with Gasteiger partial charge in [-0.25, -0.2) is 0 Å². The molecule has 124 valence electrons. The molecule has 1 aromatic carbocycles. The summed E-state index contributed by atoms with van der Waals surface area (Å²) in [4.78, 5) is 16.2. The number of rotatable bonds is 4. The van der Waals surface area contributed by atoms with Crippen molar-refractivity contribution in [2.45, 2.75) is 6.54 Å². The third-order valence-corrected chi connectivity index (χ3v) is 5.64. The van der Waals surface area contributed by atoms with Crippen molar-refractivity contribution in [1.29, 1.82) is 5.26 Å². The van der Waals surface area contributed by atoms with Gasteiger partial charge in [0, 0.05) is 49.7 Å². The molecule has 0 spiro atoms. The van der Waals surface area contributed by atoms with Gasteiger partial charge in [0.1, 0.15) is 6.07 Å². The fourth-order valence-corrected chi connectivity index (χ4v) is 4.33. The minimum absolute atomic E-state index is 0.0443. The van der Waals surface area contributed by atoms with Crippen LogP contribution in [0.25, 0.3) is 0 Å². The highest BCUT2D eigenvalue weighted by Gasteiger charge is 2.21. The molecular weight excluding hydrogens is 392 g/mol. The number of nitriles is 1. The van der Waals surface area contributed by atoms with E-state index in [9.17, 15) is 15.4 Å². The number of thiophene rings is 1. The predicted octanol–water partition coefficient (Wildman–Crippen LogP) is 3.61. The summed E-state index contributed by atoms with van der Waals surface area (Å²) in [5.41, 5.74) is 1.10. The minimum atomic E-state index is -0.471. The first-order valence-corrected chi connectivity index (χ1v) is 9.08. The third kappa shape index (κ3) is 3.75. The Morgan fingerprint density at radius 1 is 1.25 bits per heavy atom. The molecule has 0 aliphatic carbocycles. The number of hydrogen-bond acceptors (Lipinski definition) is 6. The van der Waals surface area contributed by atoms with E-state index in [1.165, 1.54) is 17.0 Å². The normalized spacial score (nSPS) is 15.2. The Morgan fingerprint density at radius 2 is 2.00 bits per heavy atom. The van der Waals surface area contributed by atoms with Crippen LogP contribution in [0.1, 0.15) is 10.4 Å². The molecule has 3 rings (SSSR count). The highest BCUT2D eigenvalue weighted by Crippen LogP contribution is 2.27. The number of nitrogens with zero attached hydrogens (tertiary/aromatic N) is 4. The van der Waals surface area contributed by atoms with Crippen molar-refractivity contribution in [1.82, 2.24) is 4.90 Å². The third-order valence-electron chi connectivity index (χ3n) is 4.03. The Kier molecular flexibility index (Phi) is 5.14. The summed E-state index contributed by atoms with van der Waals surface area (Å²) in [6.07, 6.45) is 0. The molecule has 2 aromatic rings. The Bertz CT molecular complexity index is 794. The summed E-state index contributed by atoms with van der Waals surface area (Å²) >= 11 is 5.23. The molecule has 1 aliphatic heterocycles. The van der Waals surface area contributed by atoms with Crippen molar-refractivity contribution in [2.24, 2.45) is 0 Å². The zero-order valence-electron chi connectivity index (χ0n) is 12.8. The lowest BCUT2D eigenvalue weighted by Crippen LogP contribution is -2.46. The molecule has 1 aliphatic rings. The number of halogens is 1. The van der Waals surface area contributed by atoms with Gasteiger partial charge in [0.05, 0.1) is 20.0 Å². The standard InChI is InChI=1S/C16H15BrN4O2S/c17-16-4-2-14(24-16)11-19-5-7-20(8-6-19)15-3-1-13(21(22)23)9-12(15)10-18/h1-4,9H,5-8,11H2. The second-order valence-electron chi connectivity index (χ2n) is 5.54. The smallest absolute Gasteiger partial charge is 0.270 e. The van der Waals surface area contributed by atoms with Gasteiger partial charge in [0.25, 0.3) is 5.69 Å². The molecule has 0 bridgehead atoms. The maximum atomic E-state index is 10.8. The van der Waals surface area contributed by atoms with Crippen molar-refractivity contribution < 1.29 is 4.92 Å². The molecule has 0 amide bonds. The monoisotopic (exact) mass is 406 g/mol. The molecule has 8 heteroatoms. The molecule has 1 fully saturated rings. The molecule has 1 aromatic heterocycles. The van der Waals surface area contributed by atoms with E-state index in [4.69, 9.17) is 0 Å². The largest absolute Gasteiger partial charge is 0.368 e. The Hall–Kier alpha value is -1.95. The van der Waals surface area contributed by atoms with E-state index in [1.54, 1.807) is 17.4 Å². The van der Waals surface area contributed by atoms with Crippen LogP contribution in [0.15, 0.2) is 34.1 Å². The Balaban J connectivity index is 1.66. The molecule has 0 unspecified atom stereocenters. The summed E-state index contributed by atoms with van der Waals surface area (Å²) in [6, 6.07) is 10.8. The highest BCUT2D eigenvalue weighted by atomic mass is 79.9. The van der Waals surface area contributed by atoms with Crippen LogP contribution in [0.5, 0.6) is 0 Å². The van der Waals surface area contributed by atoms with Crippen LogP contribution in [0.3, 0.4) is 0 Å².